The topological polar surface area (TPSA) is 126 Å². The molecule has 0 aliphatic carbocycles. The molecule has 14 heteroatoms. The van der Waals surface area contributed by atoms with Crippen molar-refractivity contribution in [1.82, 2.24) is 19.8 Å². The Morgan fingerprint density at radius 3 is 2.51 bits per heavy atom. The van der Waals surface area contributed by atoms with E-state index in [1.807, 2.05) is 57.2 Å². The summed E-state index contributed by atoms with van der Waals surface area (Å²) in [6.45, 7) is 7.04. The Labute approximate surface area is 298 Å². The number of carbonyl (C=O) groups excluding carboxylic acids is 3. The molecule has 0 atom stereocenters. The first-order valence-electron chi connectivity index (χ1n) is 16.2. The van der Waals surface area contributed by atoms with Crippen molar-refractivity contribution in [2.75, 3.05) is 43.6 Å². The van der Waals surface area contributed by atoms with Gasteiger partial charge in [-0.25, -0.2) is 23.7 Å². The van der Waals surface area contributed by atoms with E-state index < -0.39 is 29.6 Å². The number of anilines is 2. The highest BCUT2D eigenvalue weighted by atomic mass is 32.1. The van der Waals surface area contributed by atoms with E-state index in [0.717, 1.165) is 21.4 Å². The molecular formula is C37H37FN6O6S. The fourth-order valence-corrected chi connectivity index (χ4v) is 6.35. The third kappa shape index (κ3) is 8.41. The van der Waals surface area contributed by atoms with Gasteiger partial charge in [-0.3, -0.25) is 14.9 Å². The van der Waals surface area contributed by atoms with Crippen molar-refractivity contribution in [2.45, 2.75) is 32.9 Å². The maximum Gasteiger partial charge on any atom is 0.410 e. The third-order valence-electron chi connectivity index (χ3n) is 7.77. The smallest absolute Gasteiger partial charge is 0.410 e. The van der Waals surface area contributed by atoms with Gasteiger partial charge in [0.1, 0.15) is 11.4 Å². The molecule has 1 N–H and O–H groups in total. The molecule has 1 saturated heterocycles. The van der Waals surface area contributed by atoms with Crippen molar-refractivity contribution in [3.05, 3.63) is 96.6 Å². The summed E-state index contributed by atoms with van der Waals surface area (Å²) in [5.41, 5.74) is 2.41. The number of nitrogens with zero attached hydrogens (tertiary/aromatic N) is 5. The molecule has 5 amide bonds. The molecule has 0 saturated carbocycles. The number of para-hydroxylation sites is 1. The van der Waals surface area contributed by atoms with Crippen LogP contribution in [0.15, 0.2) is 85.2 Å². The van der Waals surface area contributed by atoms with Gasteiger partial charge in [0, 0.05) is 56.1 Å². The lowest BCUT2D eigenvalue weighted by molar-refractivity contribution is 0.0183. The lowest BCUT2D eigenvalue weighted by atomic mass is 10.2. The second kappa shape index (κ2) is 15.1. The minimum Gasteiger partial charge on any atom is -0.453 e. The Balaban J connectivity index is 1.12. The molecular weight excluding hydrogens is 676 g/mol. The summed E-state index contributed by atoms with van der Waals surface area (Å²) in [5.74, 6) is -0.344. The number of nitrogens with one attached hydrogen (secondary N) is 1. The second-order valence-electron chi connectivity index (χ2n) is 12.7. The highest BCUT2D eigenvalue weighted by molar-refractivity contribution is 7.22. The van der Waals surface area contributed by atoms with Crippen LogP contribution in [0.3, 0.4) is 0 Å². The number of halogens is 1. The van der Waals surface area contributed by atoms with Crippen molar-refractivity contribution in [3.63, 3.8) is 0 Å². The second-order valence-corrected chi connectivity index (χ2v) is 13.7. The quantitative estimate of drug-likeness (QED) is 0.154. The number of pyridine rings is 2. The van der Waals surface area contributed by atoms with Crippen LogP contribution < -0.4 is 15.0 Å². The van der Waals surface area contributed by atoms with E-state index in [0.29, 0.717) is 53.6 Å². The molecule has 3 aromatic heterocycles. The predicted molar refractivity (Wildman–Crippen MR) is 193 cm³/mol. The van der Waals surface area contributed by atoms with Crippen molar-refractivity contribution >= 4 is 51.1 Å². The van der Waals surface area contributed by atoms with Crippen LogP contribution in [0.4, 0.5) is 30.1 Å². The maximum atomic E-state index is 15.3. The number of fused-ring (bicyclic) bond motifs is 1. The number of hydrogen-bond acceptors (Lipinski definition) is 9. The summed E-state index contributed by atoms with van der Waals surface area (Å²) in [7, 11) is 1.58. The first-order valence-corrected chi connectivity index (χ1v) is 17.0. The van der Waals surface area contributed by atoms with E-state index in [1.165, 1.54) is 28.4 Å². The summed E-state index contributed by atoms with van der Waals surface area (Å²) < 4.78 is 32.7. The van der Waals surface area contributed by atoms with Crippen LogP contribution in [0.25, 0.3) is 20.8 Å². The first-order chi connectivity index (χ1) is 24.5. The molecule has 0 radical (unpaired) electrons. The molecule has 12 nitrogen and oxygen atoms in total. The van der Waals surface area contributed by atoms with E-state index in [1.54, 1.807) is 42.6 Å². The highest BCUT2D eigenvalue weighted by Gasteiger charge is 2.34. The number of carbonyl (C=O) groups is 3. The Hall–Kier alpha value is -5.60. The number of thiophene rings is 1. The normalized spacial score (nSPS) is 13.1. The van der Waals surface area contributed by atoms with E-state index in [-0.39, 0.29) is 18.0 Å². The molecule has 0 spiro atoms. The third-order valence-corrected chi connectivity index (χ3v) is 8.93. The standard InChI is InChI=1S/C37H37FN6O6S/c1-37(2,3)50-36(47)42(18-19-48-4)23-24-10-12-28(40-22-24)32-21-29-33(51-32)31(14-15-39-29)49-30-13-11-25(20-27(30)38)41-34(45)44-17-16-43(35(44)46)26-8-6-5-7-9-26/h5-15,20-22H,16-19,23H2,1-4H3,(H,41,45). The summed E-state index contributed by atoms with van der Waals surface area (Å²) in [6, 6.07) is 19.3. The van der Waals surface area contributed by atoms with E-state index in [4.69, 9.17) is 14.2 Å². The van der Waals surface area contributed by atoms with Gasteiger partial charge in [0.2, 0.25) is 0 Å². The predicted octanol–water partition coefficient (Wildman–Crippen LogP) is 8.15. The van der Waals surface area contributed by atoms with Crippen molar-refractivity contribution in [1.29, 1.82) is 0 Å². The minimum absolute atomic E-state index is 0.0477. The van der Waals surface area contributed by atoms with Crippen molar-refractivity contribution < 1.29 is 33.0 Å². The molecule has 1 fully saturated rings. The van der Waals surface area contributed by atoms with E-state index >= 15 is 4.39 Å². The maximum absolute atomic E-state index is 15.3. The molecule has 264 valence electrons. The largest absolute Gasteiger partial charge is 0.453 e. The van der Waals surface area contributed by atoms with Gasteiger partial charge in [-0.15, -0.1) is 11.3 Å². The number of hydrogen-bond donors (Lipinski definition) is 1. The number of ether oxygens (including phenoxy) is 3. The molecule has 0 bridgehead atoms. The lowest BCUT2D eigenvalue weighted by Gasteiger charge is -2.27. The van der Waals surface area contributed by atoms with Crippen molar-refractivity contribution in [2.24, 2.45) is 0 Å². The Bertz CT molecular complexity index is 2040. The Morgan fingerprint density at radius 2 is 1.80 bits per heavy atom. The fraction of sp³-hybridized carbons (Fsp3) is 0.270. The average molecular weight is 713 g/mol. The van der Waals surface area contributed by atoms with Crippen LogP contribution in [0, 0.1) is 5.82 Å². The van der Waals surface area contributed by atoms with Gasteiger partial charge in [0.05, 0.1) is 40.5 Å². The first kappa shape index (κ1) is 35.2. The molecule has 51 heavy (non-hydrogen) atoms. The number of amides is 5. The molecule has 2 aromatic carbocycles. The number of rotatable bonds is 10. The summed E-state index contributed by atoms with van der Waals surface area (Å²) >= 11 is 1.40. The zero-order valence-electron chi connectivity index (χ0n) is 28.6. The fourth-order valence-electron chi connectivity index (χ4n) is 5.31. The minimum atomic E-state index is -0.698. The van der Waals surface area contributed by atoms with Gasteiger partial charge in [-0.2, -0.15) is 0 Å². The van der Waals surface area contributed by atoms with Crippen LogP contribution in [0.5, 0.6) is 11.5 Å². The molecule has 1 aliphatic rings. The molecule has 0 unspecified atom stereocenters. The van der Waals surface area contributed by atoms with Crippen LogP contribution >= 0.6 is 11.3 Å². The SMILES string of the molecule is COCCN(Cc1ccc(-c2cc3nccc(Oc4ccc(NC(=O)N5CCN(c6ccccc6)C5=O)cc4F)c3s2)nc1)C(=O)OC(C)(C)C. The Kier molecular flexibility index (Phi) is 10.4. The number of imide groups is 1. The monoisotopic (exact) mass is 712 g/mol. The van der Waals surface area contributed by atoms with Gasteiger partial charge in [-0.1, -0.05) is 24.3 Å². The van der Waals surface area contributed by atoms with Gasteiger partial charge in [0.15, 0.2) is 11.6 Å². The van der Waals surface area contributed by atoms with E-state index in [9.17, 15) is 14.4 Å². The van der Waals surface area contributed by atoms with E-state index in [2.05, 4.69) is 15.3 Å². The Morgan fingerprint density at radius 1 is 1.00 bits per heavy atom. The van der Waals surface area contributed by atoms with Crippen LogP contribution in [-0.4, -0.2) is 76.9 Å². The van der Waals surface area contributed by atoms with Gasteiger partial charge in [0.25, 0.3) is 0 Å². The van der Waals surface area contributed by atoms with Crippen LogP contribution in [-0.2, 0) is 16.0 Å². The summed E-state index contributed by atoms with van der Waals surface area (Å²) in [5, 5.41) is 2.60. The lowest BCUT2D eigenvalue weighted by Crippen LogP contribution is -2.39. The zero-order chi connectivity index (χ0) is 36.1. The van der Waals surface area contributed by atoms with Gasteiger partial charge >= 0.3 is 18.2 Å². The van der Waals surface area contributed by atoms with Crippen LogP contribution in [0.2, 0.25) is 0 Å². The molecule has 1 aliphatic heterocycles. The van der Waals surface area contributed by atoms with Gasteiger partial charge in [-0.05, 0) is 62.7 Å². The molecule has 4 heterocycles. The molecule has 5 aromatic rings. The number of methoxy groups -OCH3 is 1. The summed E-state index contributed by atoms with van der Waals surface area (Å²) in [4.78, 5) is 52.6. The highest BCUT2D eigenvalue weighted by Crippen LogP contribution is 2.39. The van der Waals surface area contributed by atoms with Gasteiger partial charge < -0.3 is 24.4 Å². The zero-order valence-corrected chi connectivity index (χ0v) is 29.4. The number of aromatic nitrogens is 2. The number of urea groups is 2. The summed E-state index contributed by atoms with van der Waals surface area (Å²) in [6.07, 6.45) is 2.86. The van der Waals surface area contributed by atoms with Crippen molar-refractivity contribution in [3.8, 4) is 22.1 Å². The number of benzene rings is 2. The molecule has 6 rings (SSSR count). The average Bonchev–Trinajstić information content (AvgIpc) is 3.72. The van der Waals surface area contributed by atoms with Crippen LogP contribution in [0.1, 0.15) is 26.3 Å².